The van der Waals surface area contributed by atoms with Crippen LogP contribution < -0.4 is 15.0 Å². The van der Waals surface area contributed by atoms with Gasteiger partial charge in [0.25, 0.3) is 0 Å². The van der Waals surface area contributed by atoms with Gasteiger partial charge in [0, 0.05) is 34.9 Å². The number of benzene rings is 2. The summed E-state index contributed by atoms with van der Waals surface area (Å²) in [6.45, 7) is 5.03. The molecule has 4 rings (SSSR count). The Kier molecular flexibility index (Phi) is 4.93. The van der Waals surface area contributed by atoms with E-state index < -0.39 is 6.09 Å². The molecular formula is C22H24BrN3O2. The fourth-order valence-electron chi connectivity index (χ4n) is 4.76. The number of hydrogen-bond acceptors (Lipinski definition) is 4. The lowest BCUT2D eigenvalue weighted by Gasteiger charge is -2.34. The predicted molar refractivity (Wildman–Crippen MR) is 116 cm³/mol. The molecule has 1 saturated heterocycles. The number of likely N-dealkylation sites (tertiary alicyclic amines) is 1. The minimum Gasteiger partial charge on any atom is -0.410 e. The largest absolute Gasteiger partial charge is 0.417 e. The summed E-state index contributed by atoms with van der Waals surface area (Å²) in [5.41, 5.74) is 3.11. The first-order chi connectivity index (χ1) is 13.4. The van der Waals surface area contributed by atoms with Crippen molar-refractivity contribution in [1.29, 1.82) is 0 Å². The Labute approximate surface area is 174 Å². The second kappa shape index (κ2) is 7.26. The Hall–Kier alpha value is -2.31. The molecule has 0 radical (unpaired) electrons. The van der Waals surface area contributed by atoms with Crippen molar-refractivity contribution in [3.8, 4) is 5.75 Å². The van der Waals surface area contributed by atoms with Gasteiger partial charge in [0.05, 0.1) is 6.17 Å². The van der Waals surface area contributed by atoms with Gasteiger partial charge in [0.1, 0.15) is 5.75 Å². The number of amides is 1. The quantitative estimate of drug-likeness (QED) is 0.679. The number of ether oxygens (including phenoxy) is 1. The molecule has 1 N–H and O–H groups in total. The van der Waals surface area contributed by atoms with E-state index in [0.717, 1.165) is 23.9 Å². The molecule has 2 aromatic carbocycles. The molecule has 146 valence electrons. The van der Waals surface area contributed by atoms with E-state index in [1.54, 1.807) is 0 Å². The Morgan fingerprint density at radius 1 is 1.32 bits per heavy atom. The van der Waals surface area contributed by atoms with E-state index in [9.17, 15) is 4.79 Å². The molecule has 2 aromatic rings. The number of likely N-dealkylation sites (N-methyl/N-ethyl adjacent to an activating group) is 2. The Morgan fingerprint density at radius 2 is 2.07 bits per heavy atom. The maximum Gasteiger partial charge on any atom is 0.417 e. The summed E-state index contributed by atoms with van der Waals surface area (Å²) in [6.07, 6.45) is 3.77. The summed E-state index contributed by atoms with van der Waals surface area (Å²) in [4.78, 5) is 17.1. The number of fused-ring (bicyclic) bond motifs is 3. The average molecular weight is 442 g/mol. The number of allylic oxidation sites excluding steroid dienone is 1. The van der Waals surface area contributed by atoms with Gasteiger partial charge in [-0.25, -0.2) is 4.79 Å². The zero-order valence-electron chi connectivity index (χ0n) is 16.1. The van der Waals surface area contributed by atoms with Gasteiger partial charge in [0.2, 0.25) is 0 Å². The van der Waals surface area contributed by atoms with Crippen LogP contribution in [0, 0.1) is 0 Å². The summed E-state index contributed by atoms with van der Waals surface area (Å²) >= 11 is 3.38. The molecule has 2 aliphatic heterocycles. The summed E-state index contributed by atoms with van der Waals surface area (Å²) in [6, 6.07) is 13.3. The molecule has 0 bridgehead atoms. The number of anilines is 2. The van der Waals surface area contributed by atoms with Crippen molar-refractivity contribution >= 4 is 33.4 Å². The SMILES string of the molecule is C=CCC12CCN(C)C1N(C)c1ccc(OC(=O)Nc3ccc(Br)cc3)cc12. The summed E-state index contributed by atoms with van der Waals surface area (Å²) < 4.78 is 6.54. The smallest absolute Gasteiger partial charge is 0.410 e. The minimum absolute atomic E-state index is 0.0118. The van der Waals surface area contributed by atoms with E-state index in [1.807, 2.05) is 42.5 Å². The van der Waals surface area contributed by atoms with Crippen LogP contribution >= 0.6 is 15.9 Å². The van der Waals surface area contributed by atoms with Crippen LogP contribution in [0.2, 0.25) is 0 Å². The lowest BCUT2D eigenvalue weighted by atomic mass is 9.76. The number of nitrogens with zero attached hydrogens (tertiary/aromatic N) is 2. The second-order valence-electron chi connectivity index (χ2n) is 7.56. The third-order valence-corrected chi connectivity index (χ3v) is 6.41. The third kappa shape index (κ3) is 3.10. The highest BCUT2D eigenvalue weighted by Gasteiger charge is 2.54. The Bertz CT molecular complexity index is 914. The van der Waals surface area contributed by atoms with Crippen LogP contribution in [0.5, 0.6) is 5.75 Å². The van der Waals surface area contributed by atoms with Crippen LogP contribution in [0.15, 0.2) is 59.6 Å². The van der Waals surface area contributed by atoms with E-state index in [0.29, 0.717) is 17.6 Å². The molecule has 1 fully saturated rings. The minimum atomic E-state index is -0.494. The summed E-state index contributed by atoms with van der Waals surface area (Å²) in [5, 5.41) is 2.77. The van der Waals surface area contributed by atoms with Gasteiger partial charge < -0.3 is 9.64 Å². The van der Waals surface area contributed by atoms with Crippen LogP contribution in [-0.2, 0) is 5.41 Å². The Morgan fingerprint density at radius 3 is 2.79 bits per heavy atom. The zero-order chi connectivity index (χ0) is 19.9. The van der Waals surface area contributed by atoms with E-state index in [2.05, 4.69) is 57.8 Å². The van der Waals surface area contributed by atoms with Crippen LogP contribution in [0.3, 0.4) is 0 Å². The number of nitrogens with one attached hydrogen (secondary N) is 1. The molecule has 1 amide bonds. The van der Waals surface area contributed by atoms with Gasteiger partial charge in [-0.2, -0.15) is 0 Å². The second-order valence-corrected chi connectivity index (χ2v) is 8.48. The normalized spacial score (nSPS) is 23.2. The molecular weight excluding hydrogens is 418 g/mol. The molecule has 5 nitrogen and oxygen atoms in total. The lowest BCUT2D eigenvalue weighted by Crippen LogP contribution is -2.46. The fraction of sp³-hybridized carbons (Fsp3) is 0.318. The van der Waals surface area contributed by atoms with Crippen molar-refractivity contribution < 1.29 is 9.53 Å². The van der Waals surface area contributed by atoms with Gasteiger partial charge >= 0.3 is 6.09 Å². The highest BCUT2D eigenvalue weighted by molar-refractivity contribution is 9.10. The number of carbonyl (C=O) groups is 1. The van der Waals surface area contributed by atoms with Crippen molar-refractivity contribution in [3.05, 3.63) is 65.2 Å². The van der Waals surface area contributed by atoms with Crippen molar-refractivity contribution in [2.75, 3.05) is 30.9 Å². The first kappa shape index (κ1) is 19.0. The van der Waals surface area contributed by atoms with E-state index >= 15 is 0 Å². The number of carbonyl (C=O) groups excluding carboxylic acids is 1. The van der Waals surface area contributed by atoms with Crippen molar-refractivity contribution in [1.82, 2.24) is 4.90 Å². The van der Waals surface area contributed by atoms with Crippen molar-refractivity contribution in [2.45, 2.75) is 24.4 Å². The first-order valence-corrected chi connectivity index (χ1v) is 10.2. The standard InChI is InChI=1S/C22H24BrN3O2/c1-4-11-22-12-13-25(2)20(22)26(3)19-10-9-17(14-18(19)22)28-21(27)24-16-7-5-15(23)6-8-16/h4-10,14,20H,1,11-13H2,2-3H3,(H,24,27). The molecule has 2 aliphatic rings. The average Bonchev–Trinajstić information content (AvgIpc) is 3.11. The highest BCUT2D eigenvalue weighted by atomic mass is 79.9. The fourth-order valence-corrected chi connectivity index (χ4v) is 5.03. The third-order valence-electron chi connectivity index (χ3n) is 5.88. The maximum absolute atomic E-state index is 12.3. The zero-order valence-corrected chi connectivity index (χ0v) is 17.7. The van der Waals surface area contributed by atoms with Crippen molar-refractivity contribution in [2.24, 2.45) is 0 Å². The molecule has 2 unspecified atom stereocenters. The topological polar surface area (TPSA) is 44.8 Å². The molecule has 28 heavy (non-hydrogen) atoms. The van der Waals surface area contributed by atoms with Crippen LogP contribution in [0.4, 0.5) is 16.2 Å². The van der Waals surface area contributed by atoms with Crippen LogP contribution in [0.1, 0.15) is 18.4 Å². The van der Waals surface area contributed by atoms with E-state index in [1.165, 1.54) is 11.3 Å². The lowest BCUT2D eigenvalue weighted by molar-refractivity contribution is 0.215. The molecule has 0 spiro atoms. The molecule has 6 heteroatoms. The predicted octanol–water partition coefficient (Wildman–Crippen LogP) is 4.99. The van der Waals surface area contributed by atoms with Crippen LogP contribution in [-0.4, -0.2) is 37.8 Å². The number of halogens is 1. The van der Waals surface area contributed by atoms with Gasteiger partial charge in [-0.1, -0.05) is 22.0 Å². The molecule has 0 aliphatic carbocycles. The van der Waals surface area contributed by atoms with Gasteiger partial charge in [-0.3, -0.25) is 10.2 Å². The van der Waals surface area contributed by atoms with Gasteiger partial charge in [-0.05, 0) is 67.9 Å². The molecule has 2 atom stereocenters. The summed E-state index contributed by atoms with van der Waals surface area (Å²) in [7, 11) is 4.30. The number of hydrogen-bond donors (Lipinski definition) is 1. The van der Waals surface area contributed by atoms with Gasteiger partial charge in [0.15, 0.2) is 0 Å². The summed E-state index contributed by atoms with van der Waals surface area (Å²) in [5.74, 6) is 0.556. The van der Waals surface area contributed by atoms with Crippen LogP contribution in [0.25, 0.3) is 0 Å². The molecule has 0 saturated carbocycles. The monoisotopic (exact) mass is 441 g/mol. The molecule has 0 aromatic heterocycles. The molecule has 2 heterocycles. The Balaban J connectivity index is 1.59. The first-order valence-electron chi connectivity index (χ1n) is 9.37. The maximum atomic E-state index is 12.3. The van der Waals surface area contributed by atoms with E-state index in [-0.39, 0.29) is 5.41 Å². The van der Waals surface area contributed by atoms with Crippen molar-refractivity contribution in [3.63, 3.8) is 0 Å². The number of rotatable bonds is 4. The van der Waals surface area contributed by atoms with E-state index in [4.69, 9.17) is 4.74 Å². The highest BCUT2D eigenvalue weighted by Crippen LogP contribution is 2.54. The van der Waals surface area contributed by atoms with Gasteiger partial charge in [-0.15, -0.1) is 6.58 Å².